The van der Waals surface area contributed by atoms with Gasteiger partial charge in [0.15, 0.2) is 24.7 Å². The van der Waals surface area contributed by atoms with E-state index in [-0.39, 0.29) is 18.6 Å². The summed E-state index contributed by atoms with van der Waals surface area (Å²) < 4.78 is 23.0. The van der Waals surface area contributed by atoms with Crippen LogP contribution in [-0.2, 0) is 18.9 Å². The van der Waals surface area contributed by atoms with Crippen molar-refractivity contribution in [2.45, 2.75) is 112 Å². The smallest absolute Gasteiger partial charge is 0.187 e. The second-order valence-corrected chi connectivity index (χ2v) is 11.1. The van der Waals surface area contributed by atoms with Gasteiger partial charge >= 0.3 is 0 Å². The molecule has 41 heavy (non-hydrogen) atoms. The molecule has 4 rings (SSSR count). The number of aliphatic hydroxyl groups excluding tert-OH is 6. The van der Waals surface area contributed by atoms with Gasteiger partial charge in [-0.3, -0.25) is 4.79 Å². The number of Topliss-reactive ketones (excluding diaryl/α,β-unsaturated/α-hetero) is 1. The van der Waals surface area contributed by atoms with Gasteiger partial charge in [0, 0.05) is 24.1 Å². The van der Waals surface area contributed by atoms with Crippen LogP contribution < -0.4 is 17.2 Å². The van der Waals surface area contributed by atoms with Crippen LogP contribution in [0.3, 0.4) is 0 Å². The molecule has 1 aliphatic carbocycles. The first kappa shape index (κ1) is 32.2. The van der Waals surface area contributed by atoms with Crippen molar-refractivity contribution in [2.24, 2.45) is 23.1 Å². The largest absolute Gasteiger partial charge is 0.390 e. The van der Waals surface area contributed by atoms with Crippen LogP contribution >= 0.6 is 0 Å². The summed E-state index contributed by atoms with van der Waals surface area (Å²) in [6.45, 7) is 1.57. The zero-order valence-electron chi connectivity index (χ0n) is 22.4. The number of rotatable bonds is 9. The van der Waals surface area contributed by atoms with E-state index in [9.17, 15) is 40.5 Å². The molecule has 5 unspecified atom stereocenters. The van der Waals surface area contributed by atoms with Gasteiger partial charge in [-0.25, -0.2) is 0 Å². The number of carbonyl (C=O) groups excluding carboxylic acids is 1. The third-order valence-electron chi connectivity index (χ3n) is 8.02. The van der Waals surface area contributed by atoms with Crippen LogP contribution in [0, 0.1) is 5.92 Å². The Morgan fingerprint density at radius 2 is 1.46 bits per heavy atom. The quantitative estimate of drug-likeness (QED) is 0.0965. The third-order valence-corrected chi connectivity index (χ3v) is 8.02. The van der Waals surface area contributed by atoms with Crippen LogP contribution in [0.4, 0.5) is 0 Å². The first-order valence-electron chi connectivity index (χ1n) is 13.5. The maximum Gasteiger partial charge on any atom is 0.187 e. The highest BCUT2D eigenvalue weighted by Crippen LogP contribution is 2.36. The fraction of sp³-hybridized carbons (Fsp3) is 0.731. The van der Waals surface area contributed by atoms with Crippen molar-refractivity contribution in [2.75, 3.05) is 0 Å². The standard InChI is InChI=1S/C26H41N3O12/c1-9(27)20-18(34)19(35)26(38-20)40-22-15(31)11(8-13(30)10-5-3-2-4-6-10)7-12(28)21(22)39-25-14(29)16(32)17(33)23(41-25)24(36)37/h2-6,9,11-12,14-26,31-37H,7-8,27-29H2,1H3/t9-,11-,12?,14?,15?,16+,17-,18+,19?,20+,21+,22+,23?,25-,26-/m0/s1. The van der Waals surface area contributed by atoms with E-state index in [0.29, 0.717) is 5.56 Å². The van der Waals surface area contributed by atoms with Crippen LogP contribution in [0.15, 0.2) is 30.3 Å². The van der Waals surface area contributed by atoms with Gasteiger partial charge in [-0.15, -0.1) is 0 Å². The van der Waals surface area contributed by atoms with E-state index in [1.165, 1.54) is 0 Å². The normalized spacial score (nSPS) is 44.2. The van der Waals surface area contributed by atoms with E-state index >= 15 is 0 Å². The minimum Gasteiger partial charge on any atom is -0.390 e. The van der Waals surface area contributed by atoms with Gasteiger partial charge < -0.3 is 71.9 Å². The molecular formula is C26H41N3O12. The Hall–Kier alpha value is -1.67. The molecule has 13 N–H and O–H groups in total. The topological polar surface area (TPSA) is 274 Å². The lowest BCUT2D eigenvalue weighted by molar-refractivity contribution is -0.331. The Kier molecular flexibility index (Phi) is 10.5. The third kappa shape index (κ3) is 6.79. The van der Waals surface area contributed by atoms with Gasteiger partial charge in [0.05, 0.1) is 12.1 Å². The lowest BCUT2D eigenvalue weighted by Gasteiger charge is -2.48. The molecule has 15 atom stereocenters. The van der Waals surface area contributed by atoms with E-state index in [1.54, 1.807) is 37.3 Å². The summed E-state index contributed by atoms with van der Waals surface area (Å²) >= 11 is 0. The maximum atomic E-state index is 13.0. The molecule has 232 valence electrons. The summed E-state index contributed by atoms with van der Waals surface area (Å²) in [6, 6.07) is 5.48. The van der Waals surface area contributed by atoms with Crippen LogP contribution in [0.2, 0.25) is 0 Å². The number of benzene rings is 1. The molecule has 0 spiro atoms. The first-order chi connectivity index (χ1) is 19.3. The summed E-state index contributed by atoms with van der Waals surface area (Å²) in [4.78, 5) is 13.0. The molecular weight excluding hydrogens is 546 g/mol. The highest BCUT2D eigenvalue weighted by atomic mass is 16.7. The highest BCUT2D eigenvalue weighted by Gasteiger charge is 2.53. The highest BCUT2D eigenvalue weighted by molar-refractivity contribution is 5.96. The summed E-state index contributed by atoms with van der Waals surface area (Å²) in [6.07, 6.45) is -18.3. The summed E-state index contributed by atoms with van der Waals surface area (Å²) in [5.41, 5.74) is 18.8. The first-order valence-corrected chi connectivity index (χ1v) is 13.5. The van der Waals surface area contributed by atoms with Crippen molar-refractivity contribution >= 4 is 5.78 Å². The number of hydrogen-bond donors (Lipinski definition) is 10. The van der Waals surface area contributed by atoms with Crippen LogP contribution in [0.25, 0.3) is 0 Å². The van der Waals surface area contributed by atoms with Gasteiger partial charge in [-0.05, 0) is 19.3 Å². The maximum absolute atomic E-state index is 13.0. The minimum atomic E-state index is -2.19. The molecule has 15 heteroatoms. The Morgan fingerprint density at radius 1 is 0.878 bits per heavy atom. The molecule has 1 aromatic carbocycles. The second-order valence-electron chi connectivity index (χ2n) is 11.1. The molecule has 0 aromatic heterocycles. The molecule has 2 saturated heterocycles. The Labute approximate surface area is 236 Å². The molecule has 0 radical (unpaired) electrons. The molecule has 0 amide bonds. The Morgan fingerprint density at radius 3 is 2.05 bits per heavy atom. The zero-order valence-corrected chi connectivity index (χ0v) is 22.4. The predicted octanol–water partition coefficient (Wildman–Crippen LogP) is -4.38. The van der Waals surface area contributed by atoms with Gasteiger partial charge in [0.1, 0.15) is 48.8 Å². The van der Waals surface area contributed by atoms with Crippen molar-refractivity contribution < 1.29 is 59.5 Å². The van der Waals surface area contributed by atoms with Crippen molar-refractivity contribution in [3.8, 4) is 0 Å². The summed E-state index contributed by atoms with van der Waals surface area (Å²) in [7, 11) is 0. The fourth-order valence-electron chi connectivity index (χ4n) is 5.66. The Balaban J connectivity index is 1.59. The number of ketones is 1. The lowest BCUT2D eigenvalue weighted by atomic mass is 9.76. The Bertz CT molecular complexity index is 1010. The van der Waals surface area contributed by atoms with Gasteiger partial charge in [-0.2, -0.15) is 0 Å². The van der Waals surface area contributed by atoms with Crippen molar-refractivity contribution in [1.29, 1.82) is 0 Å². The van der Waals surface area contributed by atoms with Gasteiger partial charge in [0.2, 0.25) is 0 Å². The van der Waals surface area contributed by atoms with E-state index in [4.69, 9.17) is 36.1 Å². The monoisotopic (exact) mass is 587 g/mol. The number of carbonyl (C=O) groups is 1. The van der Waals surface area contributed by atoms with Gasteiger partial charge in [-0.1, -0.05) is 30.3 Å². The number of ether oxygens (including phenoxy) is 4. The predicted molar refractivity (Wildman–Crippen MR) is 138 cm³/mol. The molecule has 3 aliphatic rings. The minimum absolute atomic E-state index is 0.0720. The second kappa shape index (κ2) is 13.3. The van der Waals surface area contributed by atoms with Crippen LogP contribution in [0.1, 0.15) is 30.1 Å². The molecule has 15 nitrogen and oxygen atoms in total. The molecule has 3 fully saturated rings. The molecule has 1 aromatic rings. The summed E-state index contributed by atoms with van der Waals surface area (Å²) in [5.74, 6) is -0.977. The zero-order chi connectivity index (χ0) is 30.2. The molecule has 1 saturated carbocycles. The van der Waals surface area contributed by atoms with E-state index in [1.807, 2.05) is 0 Å². The number of hydrogen-bond acceptors (Lipinski definition) is 15. The molecule has 2 aliphatic heterocycles. The average molecular weight is 588 g/mol. The molecule has 2 heterocycles. The van der Waals surface area contributed by atoms with Crippen LogP contribution in [0.5, 0.6) is 0 Å². The van der Waals surface area contributed by atoms with Crippen molar-refractivity contribution in [3.05, 3.63) is 35.9 Å². The van der Waals surface area contributed by atoms with E-state index in [2.05, 4.69) is 0 Å². The van der Waals surface area contributed by atoms with E-state index < -0.39 is 97.8 Å². The SMILES string of the molecule is C[C@H](N)[C@H]1O[C@@H](O[C@@H]2C(O)[C@H](CC(=O)c3ccccc3)CC(N)[C@H]2O[C@H]2OC(C(O)O)[C@@H](O)[C@H](O)C2N)C(O)[C@H]1O. The van der Waals surface area contributed by atoms with Crippen LogP contribution in [-0.4, -0.2) is 133 Å². The molecule has 0 bridgehead atoms. The van der Waals surface area contributed by atoms with Gasteiger partial charge in [0.25, 0.3) is 0 Å². The fourth-order valence-corrected chi connectivity index (χ4v) is 5.66. The van der Waals surface area contributed by atoms with Crippen molar-refractivity contribution in [1.82, 2.24) is 0 Å². The number of aliphatic hydroxyl groups is 7. The van der Waals surface area contributed by atoms with E-state index in [0.717, 1.165) is 0 Å². The summed E-state index contributed by atoms with van der Waals surface area (Å²) in [5, 5.41) is 72.2. The number of nitrogens with two attached hydrogens (primary N) is 3. The average Bonchev–Trinajstić information content (AvgIpc) is 3.22. The van der Waals surface area contributed by atoms with Crippen molar-refractivity contribution in [3.63, 3.8) is 0 Å². The lowest BCUT2D eigenvalue weighted by Crippen LogP contribution is -2.67.